The number of aryl methyl sites for hydroxylation is 2. The van der Waals surface area contributed by atoms with E-state index in [2.05, 4.69) is 62.5 Å². The van der Waals surface area contributed by atoms with Crippen molar-refractivity contribution in [3.8, 4) is 5.75 Å². The van der Waals surface area contributed by atoms with Crippen LogP contribution in [0.3, 0.4) is 0 Å². The minimum Gasteiger partial charge on any atom is -0.493 e. The van der Waals surface area contributed by atoms with Crippen molar-refractivity contribution in [2.24, 2.45) is 0 Å². The van der Waals surface area contributed by atoms with Crippen molar-refractivity contribution in [3.63, 3.8) is 0 Å². The fourth-order valence-electron chi connectivity index (χ4n) is 2.51. The molecule has 0 aliphatic rings. The Hall–Kier alpha value is -1.80. The first-order valence-corrected chi connectivity index (χ1v) is 7.63. The van der Waals surface area contributed by atoms with Gasteiger partial charge in [-0.2, -0.15) is 0 Å². The third-order valence-electron chi connectivity index (χ3n) is 3.84. The van der Waals surface area contributed by atoms with E-state index in [1.807, 2.05) is 13.1 Å². The normalized spacial score (nSPS) is 12.2. The largest absolute Gasteiger partial charge is 0.493 e. The standard InChI is InChI=1S/C19H25NO/c1-5-12-21-18-9-7-6-8-17(18)19(20-4)16-11-10-14(2)15(3)13-16/h6-11,13,19-20H,5,12H2,1-4H3. The molecule has 1 atom stereocenters. The molecule has 0 bridgehead atoms. The maximum Gasteiger partial charge on any atom is 0.124 e. The number of hydrogen-bond donors (Lipinski definition) is 1. The molecule has 1 unspecified atom stereocenters. The SMILES string of the molecule is CCCOc1ccccc1C(NC)c1ccc(C)c(C)c1. The lowest BCUT2D eigenvalue weighted by Crippen LogP contribution is -2.19. The second-order valence-corrected chi connectivity index (χ2v) is 5.45. The molecule has 0 heterocycles. The zero-order valence-electron chi connectivity index (χ0n) is 13.4. The van der Waals surface area contributed by atoms with E-state index in [1.165, 1.54) is 22.3 Å². The predicted octanol–water partition coefficient (Wildman–Crippen LogP) is 4.40. The third-order valence-corrected chi connectivity index (χ3v) is 3.84. The zero-order valence-corrected chi connectivity index (χ0v) is 13.4. The molecule has 112 valence electrons. The Balaban J connectivity index is 2.38. The van der Waals surface area contributed by atoms with E-state index in [0.717, 1.165) is 18.8 Å². The van der Waals surface area contributed by atoms with Gasteiger partial charge in [-0.15, -0.1) is 0 Å². The van der Waals surface area contributed by atoms with Crippen LogP contribution in [0.25, 0.3) is 0 Å². The monoisotopic (exact) mass is 283 g/mol. The van der Waals surface area contributed by atoms with Crippen LogP contribution in [-0.4, -0.2) is 13.7 Å². The van der Waals surface area contributed by atoms with Gasteiger partial charge >= 0.3 is 0 Å². The topological polar surface area (TPSA) is 21.3 Å². The lowest BCUT2D eigenvalue weighted by molar-refractivity contribution is 0.312. The Kier molecular flexibility index (Phi) is 5.40. The Bertz CT molecular complexity index is 592. The molecule has 2 rings (SSSR count). The average molecular weight is 283 g/mol. The van der Waals surface area contributed by atoms with Crippen molar-refractivity contribution >= 4 is 0 Å². The molecule has 21 heavy (non-hydrogen) atoms. The fraction of sp³-hybridized carbons (Fsp3) is 0.368. The van der Waals surface area contributed by atoms with Gasteiger partial charge in [0, 0.05) is 5.56 Å². The summed E-state index contributed by atoms with van der Waals surface area (Å²) in [7, 11) is 2.00. The van der Waals surface area contributed by atoms with E-state index >= 15 is 0 Å². The van der Waals surface area contributed by atoms with Gasteiger partial charge in [0.05, 0.1) is 12.6 Å². The lowest BCUT2D eigenvalue weighted by atomic mass is 9.95. The summed E-state index contributed by atoms with van der Waals surface area (Å²) in [4.78, 5) is 0. The highest BCUT2D eigenvalue weighted by Gasteiger charge is 2.16. The highest BCUT2D eigenvalue weighted by Crippen LogP contribution is 2.30. The van der Waals surface area contributed by atoms with E-state index in [9.17, 15) is 0 Å². The number of benzene rings is 2. The van der Waals surface area contributed by atoms with Crippen molar-refractivity contribution in [1.82, 2.24) is 5.32 Å². The molecule has 1 N–H and O–H groups in total. The van der Waals surface area contributed by atoms with Gasteiger partial charge < -0.3 is 10.1 Å². The van der Waals surface area contributed by atoms with Gasteiger partial charge in [0.15, 0.2) is 0 Å². The molecule has 0 saturated heterocycles. The summed E-state index contributed by atoms with van der Waals surface area (Å²) in [5, 5.41) is 3.42. The van der Waals surface area contributed by atoms with E-state index < -0.39 is 0 Å². The summed E-state index contributed by atoms with van der Waals surface area (Å²) >= 11 is 0. The number of nitrogens with one attached hydrogen (secondary N) is 1. The first-order chi connectivity index (χ1) is 10.2. The summed E-state index contributed by atoms with van der Waals surface area (Å²) < 4.78 is 5.90. The molecule has 2 aromatic carbocycles. The van der Waals surface area contributed by atoms with Gasteiger partial charge in [0.2, 0.25) is 0 Å². The Morgan fingerprint density at radius 2 is 1.81 bits per heavy atom. The fourth-order valence-corrected chi connectivity index (χ4v) is 2.51. The van der Waals surface area contributed by atoms with Gasteiger partial charge in [0.25, 0.3) is 0 Å². The molecule has 2 heteroatoms. The summed E-state index contributed by atoms with van der Waals surface area (Å²) in [6.45, 7) is 7.18. The van der Waals surface area contributed by atoms with E-state index in [1.54, 1.807) is 0 Å². The van der Waals surface area contributed by atoms with Gasteiger partial charge in [-0.25, -0.2) is 0 Å². The minimum atomic E-state index is 0.150. The molecule has 0 aliphatic heterocycles. The van der Waals surface area contributed by atoms with E-state index in [0.29, 0.717) is 0 Å². The molecular weight excluding hydrogens is 258 g/mol. The second-order valence-electron chi connectivity index (χ2n) is 5.45. The van der Waals surface area contributed by atoms with Gasteiger partial charge in [0.1, 0.15) is 5.75 Å². The zero-order chi connectivity index (χ0) is 15.2. The van der Waals surface area contributed by atoms with Crippen LogP contribution in [0.15, 0.2) is 42.5 Å². The molecule has 0 aliphatic carbocycles. The molecule has 0 fully saturated rings. The highest BCUT2D eigenvalue weighted by atomic mass is 16.5. The van der Waals surface area contributed by atoms with Crippen LogP contribution in [0, 0.1) is 13.8 Å². The minimum absolute atomic E-state index is 0.150. The van der Waals surface area contributed by atoms with Crippen LogP contribution in [0.1, 0.15) is 41.6 Å². The lowest BCUT2D eigenvalue weighted by Gasteiger charge is -2.21. The summed E-state index contributed by atoms with van der Waals surface area (Å²) in [5.41, 5.74) is 5.11. The summed E-state index contributed by atoms with van der Waals surface area (Å²) in [6.07, 6.45) is 1.02. The van der Waals surface area contributed by atoms with Crippen LogP contribution in [0.5, 0.6) is 5.75 Å². The molecule has 2 aromatic rings. The Morgan fingerprint density at radius 3 is 2.48 bits per heavy atom. The van der Waals surface area contributed by atoms with Gasteiger partial charge in [-0.3, -0.25) is 0 Å². The third kappa shape index (κ3) is 3.64. The van der Waals surface area contributed by atoms with Crippen LogP contribution in [-0.2, 0) is 0 Å². The van der Waals surface area contributed by atoms with Crippen LogP contribution >= 0.6 is 0 Å². The summed E-state index contributed by atoms with van der Waals surface area (Å²) in [5.74, 6) is 0.969. The summed E-state index contributed by atoms with van der Waals surface area (Å²) in [6, 6.07) is 15.1. The van der Waals surface area contributed by atoms with Crippen LogP contribution < -0.4 is 10.1 Å². The quantitative estimate of drug-likeness (QED) is 0.848. The van der Waals surface area contributed by atoms with Gasteiger partial charge in [-0.1, -0.05) is 43.3 Å². The van der Waals surface area contributed by atoms with E-state index in [-0.39, 0.29) is 6.04 Å². The van der Waals surface area contributed by atoms with Crippen LogP contribution in [0.4, 0.5) is 0 Å². The maximum absolute atomic E-state index is 5.90. The smallest absolute Gasteiger partial charge is 0.124 e. The van der Waals surface area contributed by atoms with Crippen molar-refractivity contribution in [1.29, 1.82) is 0 Å². The molecule has 0 spiro atoms. The van der Waals surface area contributed by atoms with Crippen molar-refractivity contribution in [2.45, 2.75) is 33.2 Å². The molecule has 0 amide bonds. The Morgan fingerprint density at radius 1 is 1.05 bits per heavy atom. The van der Waals surface area contributed by atoms with Crippen molar-refractivity contribution < 1.29 is 4.74 Å². The van der Waals surface area contributed by atoms with Gasteiger partial charge in [-0.05, 0) is 50.1 Å². The molecule has 0 aromatic heterocycles. The molecule has 0 saturated carbocycles. The number of para-hydroxylation sites is 1. The number of ether oxygens (including phenoxy) is 1. The van der Waals surface area contributed by atoms with Crippen molar-refractivity contribution in [2.75, 3.05) is 13.7 Å². The first kappa shape index (κ1) is 15.6. The van der Waals surface area contributed by atoms with E-state index in [4.69, 9.17) is 4.74 Å². The number of rotatable bonds is 6. The second kappa shape index (κ2) is 7.28. The number of hydrogen-bond acceptors (Lipinski definition) is 2. The molecule has 0 radical (unpaired) electrons. The van der Waals surface area contributed by atoms with Crippen molar-refractivity contribution in [3.05, 3.63) is 64.7 Å². The maximum atomic E-state index is 5.90. The highest BCUT2D eigenvalue weighted by molar-refractivity contribution is 5.43. The average Bonchev–Trinajstić information content (AvgIpc) is 2.50. The first-order valence-electron chi connectivity index (χ1n) is 7.63. The molecular formula is C19H25NO. The van der Waals surface area contributed by atoms with Crippen LogP contribution in [0.2, 0.25) is 0 Å². The molecule has 2 nitrogen and oxygen atoms in total. The Labute approximate surface area is 128 Å². The predicted molar refractivity (Wildman–Crippen MR) is 89.0 cm³/mol.